The fourth-order valence-electron chi connectivity index (χ4n) is 2.63. The van der Waals surface area contributed by atoms with E-state index in [1.807, 2.05) is 42.5 Å². The molecule has 3 aromatic rings. The van der Waals surface area contributed by atoms with Gasteiger partial charge in [-0.2, -0.15) is 4.98 Å². The van der Waals surface area contributed by atoms with Gasteiger partial charge >= 0.3 is 5.97 Å². The Hall–Kier alpha value is -3.48. The highest BCUT2D eigenvalue weighted by molar-refractivity contribution is 5.90. The molecule has 0 spiro atoms. The van der Waals surface area contributed by atoms with E-state index in [-0.39, 0.29) is 11.7 Å². The van der Waals surface area contributed by atoms with E-state index in [2.05, 4.69) is 20.4 Å². The predicted octanol–water partition coefficient (Wildman–Crippen LogP) is 2.32. The standard InChI is InChI=1S/C17H13N5O2/c23-16(24)13-10-14(11-6-8-18-9-7-11)22-17(19-13)20-15(21-22)12-4-2-1-3-5-12/h1-10,14H,(H,23,24)(H,19,20,21)/t14-/m1/s1. The van der Waals surface area contributed by atoms with Gasteiger partial charge in [0.15, 0.2) is 5.82 Å². The van der Waals surface area contributed by atoms with E-state index in [9.17, 15) is 9.90 Å². The summed E-state index contributed by atoms with van der Waals surface area (Å²) in [5.41, 5.74) is 1.83. The minimum Gasteiger partial charge on any atom is -0.477 e. The fraction of sp³-hybridized carbons (Fsp3) is 0.0588. The molecule has 7 heteroatoms. The topological polar surface area (TPSA) is 92.9 Å². The lowest BCUT2D eigenvalue weighted by molar-refractivity contribution is -0.132. The van der Waals surface area contributed by atoms with Crippen LogP contribution in [-0.4, -0.2) is 30.8 Å². The Morgan fingerprint density at radius 2 is 1.88 bits per heavy atom. The lowest BCUT2D eigenvalue weighted by Crippen LogP contribution is -2.24. The van der Waals surface area contributed by atoms with Crippen LogP contribution in [0.3, 0.4) is 0 Å². The minimum atomic E-state index is -1.04. The third kappa shape index (κ3) is 2.41. The second-order valence-corrected chi connectivity index (χ2v) is 5.31. The van der Waals surface area contributed by atoms with Crippen LogP contribution in [0.1, 0.15) is 11.6 Å². The van der Waals surface area contributed by atoms with Gasteiger partial charge in [0.25, 0.3) is 0 Å². The average Bonchev–Trinajstić information content (AvgIpc) is 3.06. The quantitative estimate of drug-likeness (QED) is 0.769. The number of nitrogens with one attached hydrogen (secondary N) is 1. The van der Waals surface area contributed by atoms with Crippen LogP contribution in [0.4, 0.5) is 5.95 Å². The number of benzene rings is 1. The summed E-state index contributed by atoms with van der Waals surface area (Å²) < 4.78 is 1.68. The lowest BCUT2D eigenvalue weighted by atomic mass is 10.1. The molecule has 118 valence electrons. The monoisotopic (exact) mass is 319 g/mol. The van der Waals surface area contributed by atoms with Gasteiger partial charge in [0.05, 0.1) is 0 Å². The van der Waals surface area contributed by atoms with Crippen molar-refractivity contribution < 1.29 is 9.90 Å². The van der Waals surface area contributed by atoms with Gasteiger partial charge in [0, 0.05) is 18.0 Å². The molecule has 0 fully saturated rings. The summed E-state index contributed by atoms with van der Waals surface area (Å²) in [7, 11) is 0. The zero-order valence-corrected chi connectivity index (χ0v) is 12.5. The molecule has 0 amide bonds. The Morgan fingerprint density at radius 1 is 1.12 bits per heavy atom. The number of hydrogen-bond acceptors (Lipinski definition) is 5. The number of carboxylic acids is 1. The summed E-state index contributed by atoms with van der Waals surface area (Å²) in [4.78, 5) is 19.9. The molecule has 1 atom stereocenters. The number of carboxylic acid groups (broad SMARTS) is 1. The molecule has 1 aliphatic heterocycles. The number of hydrogen-bond donors (Lipinski definition) is 2. The van der Waals surface area contributed by atoms with E-state index in [0.717, 1.165) is 11.1 Å². The lowest BCUT2D eigenvalue weighted by Gasteiger charge is -2.22. The highest BCUT2D eigenvalue weighted by Gasteiger charge is 2.27. The van der Waals surface area contributed by atoms with E-state index >= 15 is 0 Å². The molecule has 3 heterocycles. The molecule has 24 heavy (non-hydrogen) atoms. The number of anilines is 1. The molecule has 0 bridgehead atoms. The molecular formula is C17H13N5O2. The minimum absolute atomic E-state index is 0.0799. The van der Waals surface area contributed by atoms with Crippen molar-refractivity contribution in [1.29, 1.82) is 0 Å². The highest BCUT2D eigenvalue weighted by atomic mass is 16.4. The van der Waals surface area contributed by atoms with Crippen LogP contribution in [0.2, 0.25) is 0 Å². The first-order valence-corrected chi connectivity index (χ1v) is 7.36. The molecular weight excluding hydrogens is 306 g/mol. The highest BCUT2D eigenvalue weighted by Crippen LogP contribution is 2.30. The van der Waals surface area contributed by atoms with Gasteiger partial charge in [-0.15, -0.1) is 5.10 Å². The van der Waals surface area contributed by atoms with Gasteiger partial charge < -0.3 is 10.4 Å². The van der Waals surface area contributed by atoms with E-state index in [1.165, 1.54) is 0 Å². The van der Waals surface area contributed by atoms with Gasteiger partial charge in [0.1, 0.15) is 11.7 Å². The summed E-state index contributed by atoms with van der Waals surface area (Å²) in [6.07, 6.45) is 4.95. The SMILES string of the molecule is O=C(O)C1=C[C@H](c2ccncc2)n2nc(-c3ccccc3)nc2N1. The number of carbonyl (C=O) groups is 1. The summed E-state index contributed by atoms with van der Waals surface area (Å²) in [5, 5.41) is 16.7. The molecule has 0 aliphatic carbocycles. The number of pyridine rings is 1. The number of allylic oxidation sites excluding steroid dienone is 1. The molecule has 0 radical (unpaired) electrons. The van der Waals surface area contributed by atoms with Crippen LogP contribution in [-0.2, 0) is 4.79 Å². The number of fused-ring (bicyclic) bond motifs is 1. The maximum absolute atomic E-state index is 11.4. The summed E-state index contributed by atoms with van der Waals surface area (Å²) in [6.45, 7) is 0. The van der Waals surface area contributed by atoms with Gasteiger partial charge in [-0.3, -0.25) is 4.98 Å². The van der Waals surface area contributed by atoms with E-state index in [4.69, 9.17) is 0 Å². The average molecular weight is 319 g/mol. The van der Waals surface area contributed by atoms with Crippen LogP contribution in [0.25, 0.3) is 11.4 Å². The maximum atomic E-state index is 11.4. The normalized spacial score (nSPS) is 16.0. The van der Waals surface area contributed by atoms with Crippen LogP contribution >= 0.6 is 0 Å². The maximum Gasteiger partial charge on any atom is 0.352 e. The van der Waals surface area contributed by atoms with E-state index in [1.54, 1.807) is 23.2 Å². The van der Waals surface area contributed by atoms with Gasteiger partial charge in [-0.1, -0.05) is 30.3 Å². The molecule has 4 rings (SSSR count). The predicted molar refractivity (Wildman–Crippen MR) is 87.2 cm³/mol. The summed E-state index contributed by atoms with van der Waals surface area (Å²) >= 11 is 0. The molecule has 0 saturated carbocycles. The molecule has 1 aliphatic rings. The Bertz CT molecular complexity index is 919. The second-order valence-electron chi connectivity index (χ2n) is 5.31. The summed E-state index contributed by atoms with van der Waals surface area (Å²) in [6, 6.07) is 12.9. The first-order chi connectivity index (χ1) is 11.7. The van der Waals surface area contributed by atoms with Gasteiger partial charge in [-0.25, -0.2) is 9.48 Å². The fourth-order valence-corrected chi connectivity index (χ4v) is 2.63. The molecule has 7 nitrogen and oxygen atoms in total. The first kappa shape index (κ1) is 14.1. The first-order valence-electron chi connectivity index (χ1n) is 7.36. The van der Waals surface area contributed by atoms with Crippen molar-refractivity contribution in [3.05, 3.63) is 72.2 Å². The van der Waals surface area contributed by atoms with Crippen molar-refractivity contribution in [2.75, 3.05) is 5.32 Å². The van der Waals surface area contributed by atoms with Crippen LogP contribution < -0.4 is 5.32 Å². The molecule has 0 saturated heterocycles. The van der Waals surface area contributed by atoms with E-state index < -0.39 is 5.97 Å². The Balaban J connectivity index is 1.83. The van der Waals surface area contributed by atoms with Crippen molar-refractivity contribution in [3.8, 4) is 11.4 Å². The van der Waals surface area contributed by atoms with Crippen LogP contribution in [0.5, 0.6) is 0 Å². The molecule has 1 aromatic carbocycles. The van der Waals surface area contributed by atoms with Crippen LogP contribution in [0, 0.1) is 0 Å². The molecule has 2 aromatic heterocycles. The largest absolute Gasteiger partial charge is 0.477 e. The Morgan fingerprint density at radius 3 is 2.58 bits per heavy atom. The Kier molecular flexibility index (Phi) is 3.31. The van der Waals surface area contributed by atoms with E-state index in [0.29, 0.717) is 11.8 Å². The number of aromatic nitrogens is 4. The third-order valence-electron chi connectivity index (χ3n) is 3.78. The van der Waals surface area contributed by atoms with Crippen molar-refractivity contribution in [1.82, 2.24) is 19.7 Å². The van der Waals surface area contributed by atoms with Crippen molar-refractivity contribution >= 4 is 11.9 Å². The number of nitrogens with zero attached hydrogens (tertiary/aromatic N) is 4. The molecule has 0 unspecified atom stereocenters. The zero-order chi connectivity index (χ0) is 16.5. The number of rotatable bonds is 3. The third-order valence-corrected chi connectivity index (χ3v) is 3.78. The van der Waals surface area contributed by atoms with Crippen molar-refractivity contribution in [2.24, 2.45) is 0 Å². The zero-order valence-electron chi connectivity index (χ0n) is 12.5. The number of aliphatic carboxylic acids is 1. The van der Waals surface area contributed by atoms with Crippen LogP contribution in [0.15, 0.2) is 66.6 Å². The summed E-state index contributed by atoms with van der Waals surface area (Å²) in [5.74, 6) is -0.0997. The second kappa shape index (κ2) is 5.62. The van der Waals surface area contributed by atoms with Crippen molar-refractivity contribution in [3.63, 3.8) is 0 Å². The smallest absolute Gasteiger partial charge is 0.352 e. The van der Waals surface area contributed by atoms with Crippen molar-refractivity contribution in [2.45, 2.75) is 6.04 Å². The Labute approximate surface area is 137 Å². The molecule has 2 N–H and O–H groups in total. The van der Waals surface area contributed by atoms with Gasteiger partial charge in [-0.05, 0) is 23.8 Å². The van der Waals surface area contributed by atoms with Gasteiger partial charge in [0.2, 0.25) is 5.95 Å².